The third-order valence-corrected chi connectivity index (χ3v) is 4.83. The Kier molecular flexibility index (Phi) is 5.88. The van der Waals surface area contributed by atoms with E-state index in [2.05, 4.69) is 30.8 Å². The first kappa shape index (κ1) is 22.7. The maximum absolute atomic E-state index is 12.9. The molecule has 0 saturated carbocycles. The second-order valence-electron chi connectivity index (χ2n) is 7.53. The third-order valence-electron chi connectivity index (χ3n) is 4.83. The summed E-state index contributed by atoms with van der Waals surface area (Å²) in [6.07, 6.45) is 0.307. The van der Waals surface area contributed by atoms with Crippen molar-refractivity contribution in [1.82, 2.24) is 25.1 Å². The van der Waals surface area contributed by atoms with Crippen molar-refractivity contribution in [1.29, 1.82) is 0 Å². The van der Waals surface area contributed by atoms with Crippen molar-refractivity contribution >= 4 is 34.2 Å². The Morgan fingerprint density at radius 1 is 0.912 bits per heavy atom. The lowest BCUT2D eigenvalue weighted by Gasteiger charge is -2.12. The van der Waals surface area contributed by atoms with Crippen LogP contribution in [0.2, 0.25) is 0 Å². The van der Waals surface area contributed by atoms with Gasteiger partial charge in [-0.3, -0.25) is 19.9 Å². The van der Waals surface area contributed by atoms with Gasteiger partial charge in [0, 0.05) is 37.4 Å². The van der Waals surface area contributed by atoms with Gasteiger partial charge in [0.25, 0.3) is 5.91 Å². The molecule has 4 rings (SSSR count). The molecule has 0 aliphatic heterocycles. The summed E-state index contributed by atoms with van der Waals surface area (Å²) in [5.41, 5.74) is 1.32. The fraction of sp³-hybridized carbons (Fsp3) is 0.136. The molecule has 0 radical (unpaired) electrons. The molecule has 0 bridgehead atoms. The minimum atomic E-state index is -4.59. The molecule has 0 aliphatic carbocycles. The van der Waals surface area contributed by atoms with Crippen molar-refractivity contribution in [2.45, 2.75) is 6.18 Å². The molecule has 0 fully saturated rings. The average molecular weight is 469 g/mol. The highest BCUT2D eigenvalue weighted by molar-refractivity contribution is 6.11. The number of nitrogens with one attached hydrogen (secondary N) is 3. The monoisotopic (exact) mass is 469 g/mol. The minimum absolute atomic E-state index is 0.000661. The average Bonchev–Trinajstić information content (AvgIpc) is 3.22. The number of anilines is 2. The van der Waals surface area contributed by atoms with Crippen LogP contribution in [0.5, 0.6) is 0 Å². The van der Waals surface area contributed by atoms with Gasteiger partial charge in [-0.05, 0) is 29.8 Å². The molecule has 12 heteroatoms. The summed E-state index contributed by atoms with van der Waals surface area (Å²) in [6.45, 7) is 0. The van der Waals surface area contributed by atoms with E-state index in [-0.39, 0.29) is 17.4 Å². The number of aromatic amines is 1. The number of hydrogen-bond donors (Lipinski definition) is 3. The highest BCUT2D eigenvalue weighted by Gasteiger charge is 2.31. The van der Waals surface area contributed by atoms with Crippen molar-refractivity contribution in [2.24, 2.45) is 0 Å². The number of amides is 3. The van der Waals surface area contributed by atoms with Gasteiger partial charge in [0.2, 0.25) is 0 Å². The van der Waals surface area contributed by atoms with Gasteiger partial charge in [0.15, 0.2) is 5.69 Å². The second kappa shape index (κ2) is 8.81. The van der Waals surface area contributed by atoms with Gasteiger partial charge in [-0.1, -0.05) is 6.07 Å². The number of H-pyrrole nitrogens is 1. The number of rotatable bonds is 4. The van der Waals surface area contributed by atoms with Crippen LogP contribution in [0.3, 0.4) is 0 Å². The summed E-state index contributed by atoms with van der Waals surface area (Å²) in [4.78, 5) is 33.7. The number of hydrogen-bond acceptors (Lipinski definition) is 5. The molecule has 0 saturated heterocycles. The Morgan fingerprint density at radius 2 is 1.62 bits per heavy atom. The van der Waals surface area contributed by atoms with Crippen LogP contribution >= 0.6 is 0 Å². The zero-order valence-electron chi connectivity index (χ0n) is 17.9. The minimum Gasteiger partial charge on any atom is -0.331 e. The first-order valence-electron chi connectivity index (χ1n) is 9.87. The Labute approximate surface area is 191 Å². The van der Waals surface area contributed by atoms with E-state index in [0.717, 1.165) is 12.3 Å². The maximum atomic E-state index is 12.9. The SMILES string of the molecule is CN(C)C(=O)Nc1cncc(-c2ccc3[nH]nc(C(=O)Nc4cncc(C(F)(F)F)c4)c3c2)c1. The van der Waals surface area contributed by atoms with E-state index in [9.17, 15) is 22.8 Å². The Hall–Kier alpha value is -4.48. The van der Waals surface area contributed by atoms with Gasteiger partial charge in [0.1, 0.15) is 0 Å². The summed E-state index contributed by atoms with van der Waals surface area (Å²) in [6, 6.07) is 7.41. The summed E-state index contributed by atoms with van der Waals surface area (Å²) >= 11 is 0. The van der Waals surface area contributed by atoms with Crippen LogP contribution in [0, 0.1) is 0 Å². The molecule has 34 heavy (non-hydrogen) atoms. The van der Waals surface area contributed by atoms with Gasteiger partial charge in [-0.15, -0.1) is 0 Å². The van der Waals surface area contributed by atoms with Crippen LogP contribution in [0.1, 0.15) is 16.1 Å². The molecular formula is C22H18F3N7O2. The van der Waals surface area contributed by atoms with Gasteiger partial charge < -0.3 is 15.5 Å². The molecule has 174 valence electrons. The van der Waals surface area contributed by atoms with E-state index in [0.29, 0.717) is 33.9 Å². The Balaban J connectivity index is 1.62. The van der Waals surface area contributed by atoms with E-state index in [1.54, 1.807) is 44.6 Å². The number of aromatic nitrogens is 4. The Bertz CT molecular complexity index is 1380. The van der Waals surface area contributed by atoms with Gasteiger partial charge in [-0.2, -0.15) is 18.3 Å². The number of pyridine rings is 2. The number of urea groups is 1. The molecule has 0 spiro atoms. The van der Waals surface area contributed by atoms with Crippen molar-refractivity contribution < 1.29 is 22.8 Å². The van der Waals surface area contributed by atoms with Gasteiger partial charge in [-0.25, -0.2) is 4.79 Å². The number of fused-ring (bicyclic) bond motifs is 1. The number of carbonyl (C=O) groups excluding carboxylic acids is 2. The number of alkyl halides is 3. The number of carbonyl (C=O) groups is 2. The molecule has 3 heterocycles. The van der Waals surface area contributed by atoms with Crippen molar-refractivity contribution in [3.05, 3.63) is 66.4 Å². The first-order chi connectivity index (χ1) is 16.1. The summed E-state index contributed by atoms with van der Waals surface area (Å²) in [5, 5.41) is 12.3. The van der Waals surface area contributed by atoms with Crippen LogP contribution < -0.4 is 10.6 Å². The molecule has 9 nitrogen and oxygen atoms in total. The largest absolute Gasteiger partial charge is 0.417 e. The normalized spacial score (nSPS) is 11.3. The summed E-state index contributed by atoms with van der Waals surface area (Å²) < 4.78 is 38.8. The third kappa shape index (κ3) is 4.80. The number of benzene rings is 1. The van der Waals surface area contributed by atoms with Crippen molar-refractivity contribution in [3.8, 4) is 11.1 Å². The van der Waals surface area contributed by atoms with Crippen molar-refractivity contribution in [2.75, 3.05) is 24.7 Å². The number of halogens is 3. The smallest absolute Gasteiger partial charge is 0.331 e. The molecule has 4 aromatic rings. The standard InChI is InChI=1S/C22H18F3N7O2/c1-32(2)21(34)29-15-5-13(8-26-10-15)12-3-4-18-17(6-12)19(31-30-18)20(33)28-16-7-14(9-27-11-16)22(23,24)25/h3-11H,1-2H3,(H,28,33)(H,29,34)(H,30,31). The lowest BCUT2D eigenvalue weighted by Crippen LogP contribution is -2.27. The second-order valence-corrected chi connectivity index (χ2v) is 7.53. The molecule has 3 aromatic heterocycles. The predicted octanol–water partition coefficient (Wildman–Crippen LogP) is 4.38. The number of nitrogens with zero attached hydrogens (tertiary/aromatic N) is 4. The lowest BCUT2D eigenvalue weighted by molar-refractivity contribution is -0.137. The van der Waals surface area contributed by atoms with E-state index in [1.165, 1.54) is 11.1 Å². The zero-order chi connectivity index (χ0) is 24.5. The first-order valence-corrected chi connectivity index (χ1v) is 9.87. The Morgan fingerprint density at radius 3 is 2.32 bits per heavy atom. The molecule has 1 aromatic carbocycles. The van der Waals surface area contributed by atoms with Crippen molar-refractivity contribution in [3.63, 3.8) is 0 Å². The molecule has 0 atom stereocenters. The summed E-state index contributed by atoms with van der Waals surface area (Å²) in [5.74, 6) is -0.699. The van der Waals surface area contributed by atoms with E-state index in [1.807, 2.05) is 0 Å². The molecule has 3 N–H and O–H groups in total. The van der Waals surface area contributed by atoms with Crippen LogP contribution in [0.25, 0.3) is 22.0 Å². The topological polar surface area (TPSA) is 116 Å². The van der Waals surface area contributed by atoms with E-state index in [4.69, 9.17) is 0 Å². The fourth-order valence-corrected chi connectivity index (χ4v) is 3.12. The van der Waals surface area contributed by atoms with Crippen LogP contribution in [-0.4, -0.2) is 51.1 Å². The molecule has 0 unspecified atom stereocenters. The lowest BCUT2D eigenvalue weighted by atomic mass is 10.0. The highest BCUT2D eigenvalue weighted by Crippen LogP contribution is 2.30. The van der Waals surface area contributed by atoms with E-state index >= 15 is 0 Å². The zero-order valence-corrected chi connectivity index (χ0v) is 17.9. The van der Waals surface area contributed by atoms with Gasteiger partial charge >= 0.3 is 12.2 Å². The van der Waals surface area contributed by atoms with Crippen LogP contribution in [-0.2, 0) is 6.18 Å². The quantitative estimate of drug-likeness (QED) is 0.410. The van der Waals surface area contributed by atoms with Crippen LogP contribution in [0.4, 0.5) is 29.3 Å². The van der Waals surface area contributed by atoms with Gasteiger partial charge in [0.05, 0.1) is 34.8 Å². The predicted molar refractivity (Wildman–Crippen MR) is 119 cm³/mol. The van der Waals surface area contributed by atoms with E-state index < -0.39 is 17.6 Å². The molecule has 3 amide bonds. The maximum Gasteiger partial charge on any atom is 0.417 e. The highest BCUT2D eigenvalue weighted by atomic mass is 19.4. The molecule has 0 aliphatic rings. The fourth-order valence-electron chi connectivity index (χ4n) is 3.12. The molecular weight excluding hydrogens is 451 g/mol. The summed E-state index contributed by atoms with van der Waals surface area (Å²) in [7, 11) is 3.23. The van der Waals surface area contributed by atoms with Crippen LogP contribution in [0.15, 0.2) is 55.1 Å².